The molecule has 4 aromatic rings. The number of esters is 1. The average molecular weight is 373 g/mol. The number of nitrogens with one attached hydrogen (secondary N) is 1. The van der Waals surface area contributed by atoms with E-state index in [9.17, 15) is 9.59 Å². The summed E-state index contributed by atoms with van der Waals surface area (Å²) in [5, 5.41) is 2.77. The van der Waals surface area contributed by atoms with Crippen molar-refractivity contribution >= 4 is 11.6 Å². The normalized spacial score (nSPS) is 12.0. The second-order valence-electron chi connectivity index (χ2n) is 6.62. The number of hydrogen-bond donors (Lipinski definition) is 1. The van der Waals surface area contributed by atoms with E-state index in [0.29, 0.717) is 11.3 Å². The summed E-state index contributed by atoms with van der Waals surface area (Å²) in [5.74, 6) is -0.450. The van der Waals surface area contributed by atoms with E-state index in [1.165, 1.54) is 16.6 Å². The van der Waals surface area contributed by atoms with Gasteiger partial charge in [0.1, 0.15) is 5.69 Å². The summed E-state index contributed by atoms with van der Waals surface area (Å²) >= 11 is 0. The first-order chi connectivity index (χ1) is 13.6. The Morgan fingerprint density at radius 2 is 1.75 bits per heavy atom. The Bertz CT molecular complexity index is 1160. The minimum Gasteiger partial charge on any atom is -0.460 e. The first-order valence-corrected chi connectivity index (χ1v) is 9.02. The third kappa shape index (κ3) is 3.57. The zero-order valence-corrected chi connectivity index (χ0v) is 15.3. The molecule has 0 aliphatic carbocycles. The highest BCUT2D eigenvalue weighted by molar-refractivity contribution is 5.88. The minimum absolute atomic E-state index is 0.0695. The molecule has 0 radical (unpaired) electrons. The van der Waals surface area contributed by atoms with Gasteiger partial charge in [0.2, 0.25) is 0 Å². The fourth-order valence-electron chi connectivity index (χ4n) is 3.01. The molecule has 140 valence electrons. The first kappa shape index (κ1) is 17.7. The molecule has 6 nitrogen and oxygen atoms in total. The van der Waals surface area contributed by atoms with Gasteiger partial charge in [0.15, 0.2) is 5.65 Å². The summed E-state index contributed by atoms with van der Waals surface area (Å²) in [6, 6.07) is 22.2. The number of H-pyrrole nitrogens is 1. The third-order valence-electron chi connectivity index (χ3n) is 4.57. The Hall–Kier alpha value is -3.67. The lowest BCUT2D eigenvalue weighted by molar-refractivity contribution is 0.0478. The van der Waals surface area contributed by atoms with Gasteiger partial charge in [-0.3, -0.25) is 9.89 Å². The minimum atomic E-state index is -0.519. The number of nitrogens with zero attached hydrogens (tertiary/aromatic N) is 2. The molecule has 2 aromatic carbocycles. The van der Waals surface area contributed by atoms with E-state index in [1.54, 1.807) is 0 Å². The van der Waals surface area contributed by atoms with Crippen LogP contribution in [0.15, 0.2) is 77.6 Å². The number of aromatic nitrogens is 3. The number of aromatic amines is 1. The monoisotopic (exact) mass is 373 g/mol. The van der Waals surface area contributed by atoms with Crippen molar-refractivity contribution in [2.45, 2.75) is 12.8 Å². The van der Waals surface area contributed by atoms with Gasteiger partial charge >= 0.3 is 5.97 Å². The van der Waals surface area contributed by atoms with Crippen molar-refractivity contribution in [3.05, 3.63) is 94.4 Å². The molecule has 6 heteroatoms. The van der Waals surface area contributed by atoms with Crippen LogP contribution < -0.4 is 5.56 Å². The molecule has 28 heavy (non-hydrogen) atoms. The van der Waals surface area contributed by atoms with Gasteiger partial charge in [0, 0.05) is 23.6 Å². The number of ether oxygens (including phenoxy) is 1. The molecule has 0 aliphatic rings. The molecule has 0 aliphatic heterocycles. The second kappa shape index (κ2) is 7.52. The lowest BCUT2D eigenvalue weighted by Crippen LogP contribution is -2.16. The molecule has 1 N–H and O–H groups in total. The van der Waals surface area contributed by atoms with E-state index in [1.807, 2.05) is 67.6 Å². The van der Waals surface area contributed by atoms with Gasteiger partial charge in [0.05, 0.1) is 12.3 Å². The Morgan fingerprint density at radius 3 is 2.46 bits per heavy atom. The second-order valence-corrected chi connectivity index (χ2v) is 6.62. The summed E-state index contributed by atoms with van der Waals surface area (Å²) in [5.41, 5.74) is 2.76. The number of benzene rings is 2. The maximum absolute atomic E-state index is 12.4. The van der Waals surface area contributed by atoms with Gasteiger partial charge < -0.3 is 4.74 Å². The van der Waals surface area contributed by atoms with Gasteiger partial charge in [-0.25, -0.2) is 14.3 Å². The molecular formula is C22H19N3O3. The van der Waals surface area contributed by atoms with Crippen LogP contribution in [-0.4, -0.2) is 27.2 Å². The van der Waals surface area contributed by atoms with Crippen molar-refractivity contribution < 1.29 is 9.53 Å². The highest BCUT2D eigenvalue weighted by Gasteiger charge is 2.16. The van der Waals surface area contributed by atoms with Crippen molar-refractivity contribution in [3.8, 4) is 11.3 Å². The zero-order chi connectivity index (χ0) is 19.5. The largest absolute Gasteiger partial charge is 0.460 e. The molecule has 2 heterocycles. The lowest BCUT2D eigenvalue weighted by Gasteiger charge is -2.11. The summed E-state index contributed by atoms with van der Waals surface area (Å²) in [7, 11) is 0. The van der Waals surface area contributed by atoms with E-state index in [0.717, 1.165) is 11.1 Å². The van der Waals surface area contributed by atoms with Crippen LogP contribution in [0.25, 0.3) is 16.9 Å². The maximum atomic E-state index is 12.4. The van der Waals surface area contributed by atoms with E-state index in [-0.39, 0.29) is 23.8 Å². The highest BCUT2D eigenvalue weighted by Crippen LogP contribution is 2.17. The number of carbonyl (C=O) groups excluding carboxylic acids is 1. The van der Waals surface area contributed by atoms with Crippen molar-refractivity contribution in [2.24, 2.45) is 0 Å². The van der Waals surface area contributed by atoms with Crippen LogP contribution in [0.5, 0.6) is 0 Å². The van der Waals surface area contributed by atoms with E-state index >= 15 is 0 Å². The van der Waals surface area contributed by atoms with Crippen molar-refractivity contribution in [1.29, 1.82) is 0 Å². The maximum Gasteiger partial charge on any atom is 0.356 e. The summed E-state index contributed by atoms with van der Waals surface area (Å²) in [4.78, 5) is 29.3. The molecule has 0 amide bonds. The van der Waals surface area contributed by atoms with E-state index < -0.39 is 5.97 Å². The molecule has 0 saturated heterocycles. The molecule has 0 bridgehead atoms. The fraction of sp³-hybridized carbons (Fsp3) is 0.136. The average Bonchev–Trinajstić information content (AvgIpc) is 3.18. The van der Waals surface area contributed by atoms with Crippen LogP contribution >= 0.6 is 0 Å². The van der Waals surface area contributed by atoms with Crippen LogP contribution in [0.3, 0.4) is 0 Å². The van der Waals surface area contributed by atoms with E-state index in [4.69, 9.17) is 4.74 Å². The topological polar surface area (TPSA) is 76.5 Å². The van der Waals surface area contributed by atoms with E-state index in [2.05, 4.69) is 10.1 Å². The van der Waals surface area contributed by atoms with Crippen molar-refractivity contribution in [2.75, 3.05) is 6.61 Å². The number of fused-ring (bicyclic) bond motifs is 1. The van der Waals surface area contributed by atoms with Crippen LogP contribution in [0.1, 0.15) is 28.9 Å². The number of rotatable bonds is 5. The van der Waals surface area contributed by atoms with Crippen molar-refractivity contribution in [1.82, 2.24) is 14.6 Å². The Kier molecular flexibility index (Phi) is 4.76. The predicted molar refractivity (Wildman–Crippen MR) is 106 cm³/mol. The predicted octanol–water partition coefficient (Wildman–Crippen LogP) is 3.65. The Morgan fingerprint density at radius 1 is 1.07 bits per heavy atom. The molecule has 0 saturated carbocycles. The smallest absolute Gasteiger partial charge is 0.356 e. The highest BCUT2D eigenvalue weighted by atomic mass is 16.5. The van der Waals surface area contributed by atoms with Gasteiger partial charge in [-0.1, -0.05) is 67.6 Å². The van der Waals surface area contributed by atoms with Gasteiger partial charge in [-0.2, -0.15) is 0 Å². The molecule has 2 aromatic heterocycles. The molecule has 1 atom stereocenters. The lowest BCUT2D eigenvalue weighted by atomic mass is 10.0. The quantitative estimate of drug-likeness (QED) is 0.542. The Balaban J connectivity index is 1.55. The SMILES string of the molecule is CC(COC(=O)c1cc2nc(-c3ccccc3)cc(=O)n2[nH]1)c1ccccc1. The zero-order valence-electron chi connectivity index (χ0n) is 15.3. The van der Waals surface area contributed by atoms with Gasteiger partial charge in [-0.05, 0) is 5.56 Å². The molecule has 1 unspecified atom stereocenters. The summed E-state index contributed by atoms with van der Waals surface area (Å²) in [6.07, 6.45) is 0. The molecule has 0 spiro atoms. The molecule has 0 fully saturated rings. The third-order valence-corrected chi connectivity index (χ3v) is 4.57. The summed E-state index contributed by atoms with van der Waals surface area (Å²) < 4.78 is 6.65. The summed E-state index contributed by atoms with van der Waals surface area (Å²) in [6.45, 7) is 2.24. The van der Waals surface area contributed by atoms with Crippen LogP contribution in [0.4, 0.5) is 0 Å². The molecule has 4 rings (SSSR count). The van der Waals surface area contributed by atoms with Crippen LogP contribution in [0.2, 0.25) is 0 Å². The first-order valence-electron chi connectivity index (χ1n) is 9.02. The fourth-order valence-corrected chi connectivity index (χ4v) is 3.01. The number of carbonyl (C=O) groups is 1. The van der Waals surface area contributed by atoms with Crippen molar-refractivity contribution in [3.63, 3.8) is 0 Å². The standard InChI is InChI=1S/C22H19N3O3/c1-15(16-8-4-2-5-9-16)14-28-22(27)19-12-20-23-18(13-21(26)25(20)24-19)17-10-6-3-7-11-17/h2-13,15,24H,14H2,1H3. The molecular weight excluding hydrogens is 354 g/mol. The van der Waals surface area contributed by atoms with Crippen LogP contribution in [0, 0.1) is 0 Å². The van der Waals surface area contributed by atoms with Gasteiger partial charge in [0.25, 0.3) is 5.56 Å². The van der Waals surface area contributed by atoms with Gasteiger partial charge in [-0.15, -0.1) is 0 Å². The Labute approximate surface area is 161 Å². The number of hydrogen-bond acceptors (Lipinski definition) is 4. The van der Waals surface area contributed by atoms with Crippen LogP contribution in [-0.2, 0) is 4.74 Å².